The zero-order valence-corrected chi connectivity index (χ0v) is 20.0. The fourth-order valence-electron chi connectivity index (χ4n) is 4.21. The molecule has 34 heavy (non-hydrogen) atoms. The van der Waals surface area contributed by atoms with Gasteiger partial charge >= 0.3 is 5.97 Å². The normalized spacial score (nSPS) is 17.4. The van der Waals surface area contributed by atoms with Gasteiger partial charge in [-0.05, 0) is 55.2 Å². The summed E-state index contributed by atoms with van der Waals surface area (Å²) >= 11 is 0. The van der Waals surface area contributed by atoms with E-state index in [9.17, 15) is 17.6 Å². The van der Waals surface area contributed by atoms with Gasteiger partial charge in [-0.1, -0.05) is 6.07 Å². The summed E-state index contributed by atoms with van der Waals surface area (Å²) < 4.78 is 57.4. The third-order valence-electron chi connectivity index (χ3n) is 6.08. The van der Waals surface area contributed by atoms with Crippen molar-refractivity contribution in [3.63, 3.8) is 0 Å². The molecule has 4 rings (SSSR count). The third-order valence-corrected chi connectivity index (χ3v) is 7.97. The molecule has 10 heteroatoms. The van der Waals surface area contributed by atoms with Gasteiger partial charge in [-0.2, -0.15) is 4.31 Å². The van der Waals surface area contributed by atoms with Gasteiger partial charge in [0.1, 0.15) is 6.61 Å². The Balaban J connectivity index is 1.61. The molecule has 0 saturated carbocycles. The lowest BCUT2D eigenvalue weighted by Gasteiger charge is -2.31. The second-order valence-electron chi connectivity index (χ2n) is 8.29. The summed E-state index contributed by atoms with van der Waals surface area (Å²) in [6.45, 7) is 2.59. The van der Waals surface area contributed by atoms with E-state index < -0.39 is 21.8 Å². The van der Waals surface area contributed by atoms with Crippen molar-refractivity contribution in [2.45, 2.75) is 30.8 Å². The highest BCUT2D eigenvalue weighted by atomic mass is 32.2. The molecule has 2 aromatic rings. The Morgan fingerprint density at radius 1 is 1.03 bits per heavy atom. The van der Waals surface area contributed by atoms with Crippen molar-refractivity contribution >= 4 is 21.7 Å². The maximum atomic E-state index is 14.0. The molecule has 2 fully saturated rings. The Bertz CT molecular complexity index is 1130. The van der Waals surface area contributed by atoms with Crippen LogP contribution in [0.25, 0.3) is 0 Å². The van der Waals surface area contributed by atoms with Crippen molar-refractivity contribution in [2.75, 3.05) is 51.4 Å². The highest BCUT2D eigenvalue weighted by Crippen LogP contribution is 2.29. The van der Waals surface area contributed by atoms with Gasteiger partial charge < -0.3 is 19.1 Å². The van der Waals surface area contributed by atoms with Gasteiger partial charge in [0.2, 0.25) is 10.0 Å². The average Bonchev–Trinajstić information content (AvgIpc) is 2.88. The van der Waals surface area contributed by atoms with E-state index in [1.165, 1.54) is 29.6 Å². The monoisotopic (exact) mass is 492 g/mol. The molecular formula is C24H29FN2O6S. The Labute approximate surface area is 199 Å². The van der Waals surface area contributed by atoms with E-state index in [1.807, 2.05) is 0 Å². The number of nitrogens with zero attached hydrogens (tertiary/aromatic N) is 2. The Morgan fingerprint density at radius 2 is 1.76 bits per heavy atom. The summed E-state index contributed by atoms with van der Waals surface area (Å²) in [4.78, 5) is 15.3. The van der Waals surface area contributed by atoms with Crippen molar-refractivity contribution < 1.29 is 31.8 Å². The van der Waals surface area contributed by atoms with Crippen LogP contribution in [0.1, 0.15) is 35.2 Å². The molecule has 0 N–H and O–H groups in total. The summed E-state index contributed by atoms with van der Waals surface area (Å²) in [5, 5.41) is 0. The van der Waals surface area contributed by atoms with Gasteiger partial charge in [-0.25, -0.2) is 17.6 Å². The number of rotatable bonds is 7. The van der Waals surface area contributed by atoms with E-state index in [1.54, 1.807) is 18.2 Å². The zero-order chi connectivity index (χ0) is 24.1. The van der Waals surface area contributed by atoms with Crippen molar-refractivity contribution in [3.8, 4) is 5.75 Å². The van der Waals surface area contributed by atoms with E-state index in [0.717, 1.165) is 32.4 Å². The van der Waals surface area contributed by atoms with E-state index in [4.69, 9.17) is 14.2 Å². The van der Waals surface area contributed by atoms with Crippen LogP contribution >= 0.6 is 0 Å². The quantitative estimate of drug-likeness (QED) is 0.549. The largest absolute Gasteiger partial charge is 0.494 e. The lowest BCUT2D eigenvalue weighted by atomic mass is 10.1. The number of methoxy groups -OCH3 is 1. The predicted octanol–water partition coefficient (Wildman–Crippen LogP) is 3.20. The zero-order valence-electron chi connectivity index (χ0n) is 19.2. The molecule has 0 aromatic heterocycles. The van der Waals surface area contributed by atoms with Crippen LogP contribution in [0.15, 0.2) is 41.3 Å². The van der Waals surface area contributed by atoms with Gasteiger partial charge in [-0.3, -0.25) is 0 Å². The first kappa shape index (κ1) is 24.4. The van der Waals surface area contributed by atoms with Gasteiger partial charge in [0, 0.05) is 26.2 Å². The molecule has 2 saturated heterocycles. The van der Waals surface area contributed by atoms with E-state index in [-0.39, 0.29) is 35.9 Å². The Kier molecular flexibility index (Phi) is 7.70. The SMILES string of the molecule is COc1ccc(COC(=O)c2cc(S(=O)(=O)N3CCOCC3)ccc2N2CCCCC2)cc1F. The Hall–Kier alpha value is -2.69. The number of halogens is 1. The van der Waals surface area contributed by atoms with E-state index >= 15 is 0 Å². The smallest absolute Gasteiger partial charge is 0.340 e. The van der Waals surface area contributed by atoms with Crippen LogP contribution in [0.3, 0.4) is 0 Å². The number of hydrogen-bond acceptors (Lipinski definition) is 7. The first-order valence-corrected chi connectivity index (χ1v) is 12.8. The second kappa shape index (κ2) is 10.7. The summed E-state index contributed by atoms with van der Waals surface area (Å²) in [6.07, 6.45) is 3.10. The first-order chi connectivity index (χ1) is 16.4. The second-order valence-corrected chi connectivity index (χ2v) is 10.2. The molecule has 0 radical (unpaired) electrons. The number of esters is 1. The fraction of sp³-hybridized carbons (Fsp3) is 0.458. The molecule has 2 aliphatic rings. The number of morpholine rings is 1. The van der Waals surface area contributed by atoms with E-state index in [0.29, 0.717) is 24.5 Å². The molecule has 2 aliphatic heterocycles. The molecule has 184 valence electrons. The van der Waals surface area contributed by atoms with Crippen LogP contribution < -0.4 is 9.64 Å². The van der Waals surface area contributed by atoms with Gasteiger partial charge in [0.05, 0.1) is 36.5 Å². The van der Waals surface area contributed by atoms with Crippen LogP contribution in [0.5, 0.6) is 5.75 Å². The lowest BCUT2D eigenvalue weighted by Crippen LogP contribution is -2.40. The van der Waals surface area contributed by atoms with Crippen LogP contribution in [0, 0.1) is 5.82 Å². The third kappa shape index (κ3) is 5.34. The number of carbonyl (C=O) groups excluding carboxylic acids is 1. The number of ether oxygens (including phenoxy) is 3. The van der Waals surface area contributed by atoms with Crippen molar-refractivity contribution in [1.82, 2.24) is 4.31 Å². The molecular weight excluding hydrogens is 463 g/mol. The maximum absolute atomic E-state index is 14.0. The molecule has 8 nitrogen and oxygen atoms in total. The minimum Gasteiger partial charge on any atom is -0.494 e. The van der Waals surface area contributed by atoms with E-state index in [2.05, 4.69) is 4.90 Å². The highest BCUT2D eigenvalue weighted by molar-refractivity contribution is 7.89. The lowest BCUT2D eigenvalue weighted by molar-refractivity contribution is 0.0472. The maximum Gasteiger partial charge on any atom is 0.340 e. The number of anilines is 1. The Morgan fingerprint density at radius 3 is 2.44 bits per heavy atom. The molecule has 0 aliphatic carbocycles. The molecule has 2 aromatic carbocycles. The molecule has 0 spiro atoms. The fourth-order valence-corrected chi connectivity index (χ4v) is 5.65. The molecule has 0 bridgehead atoms. The summed E-state index contributed by atoms with van der Waals surface area (Å²) in [7, 11) is -2.41. The predicted molar refractivity (Wildman–Crippen MR) is 124 cm³/mol. The minimum absolute atomic E-state index is 0.0394. The van der Waals surface area contributed by atoms with Crippen LogP contribution in [-0.4, -0.2) is 65.2 Å². The van der Waals surface area contributed by atoms with Gasteiger partial charge in [-0.15, -0.1) is 0 Å². The first-order valence-electron chi connectivity index (χ1n) is 11.4. The van der Waals surface area contributed by atoms with Gasteiger partial charge in [0.25, 0.3) is 0 Å². The summed E-state index contributed by atoms with van der Waals surface area (Å²) in [5.41, 5.74) is 1.29. The highest BCUT2D eigenvalue weighted by Gasteiger charge is 2.29. The van der Waals surface area contributed by atoms with Crippen molar-refractivity contribution in [2.24, 2.45) is 0 Å². The minimum atomic E-state index is -3.78. The van der Waals surface area contributed by atoms with Crippen LogP contribution in [-0.2, 0) is 26.1 Å². The molecule has 2 heterocycles. The van der Waals surface area contributed by atoms with Crippen molar-refractivity contribution in [3.05, 3.63) is 53.3 Å². The molecule has 0 amide bonds. The van der Waals surface area contributed by atoms with Crippen LogP contribution in [0.2, 0.25) is 0 Å². The number of benzene rings is 2. The van der Waals surface area contributed by atoms with Crippen LogP contribution in [0.4, 0.5) is 10.1 Å². The summed E-state index contributed by atoms with van der Waals surface area (Å²) in [5.74, 6) is -1.11. The number of carbonyl (C=O) groups is 1. The molecule has 0 atom stereocenters. The molecule has 0 unspecified atom stereocenters. The number of hydrogen-bond donors (Lipinski definition) is 0. The topological polar surface area (TPSA) is 85.4 Å². The standard InChI is InChI=1S/C24H29FN2O6S/c1-31-23-8-5-18(15-21(23)25)17-33-24(28)20-16-19(34(29,30)27-11-13-32-14-12-27)6-7-22(20)26-9-3-2-4-10-26/h5-8,15-16H,2-4,9-14,17H2,1H3. The van der Waals surface area contributed by atoms with Crippen molar-refractivity contribution in [1.29, 1.82) is 0 Å². The summed E-state index contributed by atoms with van der Waals surface area (Å²) in [6, 6.07) is 8.95. The number of sulfonamides is 1. The number of piperidine rings is 1. The average molecular weight is 493 g/mol. The van der Waals surface area contributed by atoms with Gasteiger partial charge in [0.15, 0.2) is 11.6 Å².